The van der Waals surface area contributed by atoms with Crippen molar-refractivity contribution in [2.75, 3.05) is 7.11 Å². The number of Topliss-reactive ketones (excluding diaryl/α,β-unsaturated/α-hetero) is 1. The number of rotatable bonds is 8. The van der Waals surface area contributed by atoms with Crippen LogP contribution in [0.2, 0.25) is 0 Å². The van der Waals surface area contributed by atoms with Gasteiger partial charge < -0.3 is 53.2 Å². The number of cyclic esters (lactones) is 1. The minimum atomic E-state index is -2.50. The first kappa shape index (κ1) is 49.5. The number of ether oxygens (including phenoxy) is 8. The average Bonchev–Trinajstić information content (AvgIpc) is 3.58. The zero-order valence-corrected chi connectivity index (χ0v) is 37.2. The molecule has 0 saturated carbocycles. The normalized spacial score (nSPS) is 36.9. The number of esters is 5. The molecule has 0 amide bonds. The van der Waals surface area contributed by atoms with E-state index in [2.05, 4.69) is 0 Å². The highest BCUT2D eigenvalue weighted by Gasteiger charge is 2.63. The summed E-state index contributed by atoms with van der Waals surface area (Å²) in [4.78, 5) is 77.7. The van der Waals surface area contributed by atoms with E-state index in [1.54, 1.807) is 45.9 Å². The molecule has 3 fully saturated rings. The molecule has 5 aliphatic heterocycles. The molecule has 0 aliphatic carbocycles. The summed E-state index contributed by atoms with van der Waals surface area (Å²) in [6.07, 6.45) is 1.62. The fourth-order valence-electron chi connectivity index (χ4n) is 8.72. The second kappa shape index (κ2) is 20.1. The van der Waals surface area contributed by atoms with Crippen LogP contribution in [-0.2, 0) is 66.7 Å². The number of ketones is 1. The summed E-state index contributed by atoms with van der Waals surface area (Å²) in [5, 5.41) is 36.5. The number of unbranched alkanes of at least 4 members (excludes halogenated alkanes) is 1. The minimum Gasteiger partial charge on any atom is -0.466 e. The van der Waals surface area contributed by atoms with E-state index in [1.807, 2.05) is 13.0 Å². The molecule has 0 spiro atoms. The van der Waals surface area contributed by atoms with Gasteiger partial charge in [0.25, 0.3) is 0 Å². The van der Waals surface area contributed by atoms with Gasteiger partial charge >= 0.3 is 29.8 Å². The van der Waals surface area contributed by atoms with Gasteiger partial charge in [0.15, 0.2) is 29.9 Å². The predicted molar refractivity (Wildman–Crippen MR) is 221 cm³/mol. The number of allylic oxidation sites excluding steroid dienone is 3. The molecule has 0 radical (unpaired) electrons. The Morgan fingerprint density at radius 3 is 2.30 bits per heavy atom. The summed E-state index contributed by atoms with van der Waals surface area (Å²) in [6.45, 7) is 10.9. The van der Waals surface area contributed by atoms with Crippen molar-refractivity contribution in [2.24, 2.45) is 10.8 Å². The fourth-order valence-corrected chi connectivity index (χ4v) is 8.72. The van der Waals surface area contributed by atoms with E-state index < -0.39 is 126 Å². The second-order valence-electron chi connectivity index (χ2n) is 18.1. The Labute approximate surface area is 367 Å². The van der Waals surface area contributed by atoms with E-state index in [1.165, 1.54) is 33.1 Å². The zero-order valence-electron chi connectivity index (χ0n) is 37.2. The molecule has 6 bridgehead atoms. The first-order valence-electron chi connectivity index (χ1n) is 21.4. The van der Waals surface area contributed by atoms with Crippen molar-refractivity contribution in [1.29, 1.82) is 0 Å². The van der Waals surface area contributed by atoms with Crippen molar-refractivity contribution >= 4 is 35.6 Å². The number of carbonyl (C=O) groups is 6. The molecule has 348 valence electrons. The van der Waals surface area contributed by atoms with Gasteiger partial charge in [-0.3, -0.25) is 14.4 Å². The molecule has 11 atom stereocenters. The van der Waals surface area contributed by atoms with Gasteiger partial charge in [0.1, 0.15) is 12.2 Å². The molecule has 3 N–H and O–H groups in total. The third-order valence-electron chi connectivity index (χ3n) is 12.4. The van der Waals surface area contributed by atoms with Crippen molar-refractivity contribution in [3.05, 3.63) is 59.8 Å². The number of hydrogen-bond acceptors (Lipinski definition) is 17. The number of carbonyl (C=O) groups excluding carboxylic acids is 6. The van der Waals surface area contributed by atoms with Crippen LogP contribution in [0.25, 0.3) is 0 Å². The summed E-state index contributed by atoms with van der Waals surface area (Å²) in [5.74, 6) is -9.11. The van der Waals surface area contributed by atoms with Crippen LogP contribution in [-0.4, -0.2) is 125 Å². The molecule has 5 rings (SSSR count). The van der Waals surface area contributed by atoms with Crippen LogP contribution in [0.1, 0.15) is 106 Å². The number of hydrogen-bond donors (Lipinski definition) is 3. The molecular formula is C46H62O17. The quantitative estimate of drug-likeness (QED) is 0.103. The van der Waals surface area contributed by atoms with Gasteiger partial charge in [-0.25, -0.2) is 14.4 Å². The highest BCUT2D eigenvalue weighted by molar-refractivity contribution is 5.88. The Morgan fingerprint density at radius 2 is 1.63 bits per heavy atom. The summed E-state index contributed by atoms with van der Waals surface area (Å²) in [7, 11) is 1.24. The van der Waals surface area contributed by atoms with Gasteiger partial charge in [-0.15, -0.1) is 0 Å². The SMILES string of the molecule is CCC/C=C/C=C/C(=O)O[C@H]1C2=CC(=O)OC2[C@H]2C[C@H](C(C)=O)OC(=O)C[C@H](O)C[C@@H]3C[C@H](OC(C)=O)C(C)(C)[C@](O)(C[C@@H]4C/C(=C/C(=O)OC)C[C@H](/C=C\C(C)(C)[C@]1(O)O2)O4)O3. The minimum absolute atomic E-state index is 0.0430. The zero-order chi connectivity index (χ0) is 46.5. The van der Waals surface area contributed by atoms with Crippen LogP contribution >= 0.6 is 0 Å². The smallest absolute Gasteiger partial charge is 0.331 e. The van der Waals surface area contributed by atoms with Gasteiger partial charge in [-0.1, -0.05) is 77.0 Å². The Hall–Kier alpha value is -4.52. The number of methoxy groups -OCH3 is 1. The number of fused-ring (bicyclic) bond motifs is 8. The Bertz CT molecular complexity index is 1910. The lowest BCUT2D eigenvalue weighted by Crippen LogP contribution is -2.65. The van der Waals surface area contributed by atoms with Crippen LogP contribution in [0, 0.1) is 10.8 Å². The lowest BCUT2D eigenvalue weighted by molar-refractivity contribution is -0.348. The lowest BCUT2D eigenvalue weighted by atomic mass is 9.70. The standard InChI is InChI=1S/C46H62O17/c1-9-10-11-12-13-14-37(50)61-42-33-23-40(53)60-41(33)35-24-34(26(2)47)59-39(52)21-29(49)20-31-22-36(57-27(3)48)44(6,7)45(54,62-31)25-32-18-28(19-38(51)56-8)17-30(58-32)15-16-43(4,5)46(42,55)63-35/h11-16,19,23,29-32,34-36,41-42,49,54-55H,9-10,17-18,20-22,24-25H2,1-8H3/b12-11+,14-13+,16-15-,28-19+/t29-,30+,31-,32+,34-,35-,36+,41?,42+,45+,46-/m1/s1. The van der Waals surface area contributed by atoms with Gasteiger partial charge in [-0.2, -0.15) is 0 Å². The van der Waals surface area contributed by atoms with E-state index in [9.17, 15) is 44.1 Å². The molecule has 0 aromatic rings. The lowest BCUT2D eigenvalue weighted by Gasteiger charge is -2.53. The van der Waals surface area contributed by atoms with E-state index in [0.717, 1.165) is 25.0 Å². The Morgan fingerprint density at radius 1 is 0.905 bits per heavy atom. The average molecular weight is 887 g/mol. The number of aliphatic hydroxyl groups excluding tert-OH is 1. The highest BCUT2D eigenvalue weighted by Crippen LogP contribution is 2.51. The summed E-state index contributed by atoms with van der Waals surface area (Å²) in [6, 6.07) is 0. The van der Waals surface area contributed by atoms with E-state index in [4.69, 9.17) is 37.9 Å². The first-order valence-corrected chi connectivity index (χ1v) is 21.4. The summed E-state index contributed by atoms with van der Waals surface area (Å²) >= 11 is 0. The maximum absolute atomic E-state index is 13.4. The molecule has 0 aromatic heterocycles. The van der Waals surface area contributed by atoms with Gasteiger partial charge in [0, 0.05) is 61.8 Å². The van der Waals surface area contributed by atoms with Crippen molar-refractivity contribution < 1.29 is 82.0 Å². The van der Waals surface area contributed by atoms with Gasteiger partial charge in [0.2, 0.25) is 5.79 Å². The molecule has 0 aromatic carbocycles. The van der Waals surface area contributed by atoms with Crippen LogP contribution in [0.3, 0.4) is 0 Å². The molecule has 3 saturated heterocycles. The third-order valence-corrected chi connectivity index (χ3v) is 12.4. The van der Waals surface area contributed by atoms with Gasteiger partial charge in [0.05, 0.1) is 43.4 Å². The first-order chi connectivity index (χ1) is 29.5. The van der Waals surface area contributed by atoms with Crippen molar-refractivity contribution in [2.45, 2.75) is 173 Å². The van der Waals surface area contributed by atoms with Crippen LogP contribution in [0.5, 0.6) is 0 Å². The Kier molecular flexibility index (Phi) is 15.8. The molecule has 17 nitrogen and oxygen atoms in total. The molecule has 5 heterocycles. The Balaban J connectivity index is 1.62. The van der Waals surface area contributed by atoms with Crippen molar-refractivity contribution in [1.82, 2.24) is 0 Å². The molecular weight excluding hydrogens is 824 g/mol. The maximum Gasteiger partial charge on any atom is 0.331 e. The van der Waals surface area contributed by atoms with Crippen molar-refractivity contribution in [3.63, 3.8) is 0 Å². The topological polar surface area (TPSA) is 237 Å². The number of aliphatic hydroxyl groups is 3. The summed E-state index contributed by atoms with van der Waals surface area (Å²) < 4.78 is 47.1. The van der Waals surface area contributed by atoms with Crippen LogP contribution in [0.4, 0.5) is 0 Å². The largest absolute Gasteiger partial charge is 0.466 e. The van der Waals surface area contributed by atoms with Gasteiger partial charge in [-0.05, 0) is 26.2 Å². The van der Waals surface area contributed by atoms with Crippen molar-refractivity contribution in [3.8, 4) is 0 Å². The monoisotopic (exact) mass is 886 g/mol. The fraction of sp³-hybridized carbons (Fsp3) is 0.652. The second-order valence-corrected chi connectivity index (χ2v) is 18.1. The third kappa shape index (κ3) is 11.6. The van der Waals surface area contributed by atoms with E-state index in [0.29, 0.717) is 5.57 Å². The molecule has 63 heavy (non-hydrogen) atoms. The molecule has 1 unspecified atom stereocenters. The molecule has 17 heteroatoms. The maximum atomic E-state index is 13.4. The van der Waals surface area contributed by atoms with E-state index in [-0.39, 0.29) is 37.7 Å². The van der Waals surface area contributed by atoms with Crippen LogP contribution in [0.15, 0.2) is 59.8 Å². The van der Waals surface area contributed by atoms with E-state index >= 15 is 0 Å². The predicted octanol–water partition coefficient (Wildman–Crippen LogP) is 3.85. The molecule has 5 aliphatic rings. The summed E-state index contributed by atoms with van der Waals surface area (Å²) in [5.41, 5.74) is -2.16. The van der Waals surface area contributed by atoms with Crippen LogP contribution < -0.4 is 0 Å². The highest BCUT2D eigenvalue weighted by atomic mass is 16.7.